The Balaban J connectivity index is 2.17. The van der Waals surface area contributed by atoms with Crippen LogP contribution in [-0.4, -0.2) is 29.8 Å². The van der Waals surface area contributed by atoms with E-state index in [0.717, 1.165) is 5.56 Å². The highest BCUT2D eigenvalue weighted by Crippen LogP contribution is 2.25. The van der Waals surface area contributed by atoms with Crippen LogP contribution in [0.25, 0.3) is 0 Å². The number of amides is 2. The van der Waals surface area contributed by atoms with E-state index in [2.05, 4.69) is 0 Å². The Morgan fingerprint density at radius 1 is 1.37 bits per heavy atom. The monoisotopic (exact) mass is 280 g/mol. The number of nitrogens with two attached hydrogens (primary N) is 1. The molecule has 0 unspecified atom stereocenters. The van der Waals surface area contributed by atoms with Crippen LogP contribution in [0.3, 0.4) is 0 Å². The molecular weight excluding hydrogens is 264 g/mol. The van der Waals surface area contributed by atoms with Crippen molar-refractivity contribution in [2.24, 2.45) is 17.6 Å². The average molecular weight is 281 g/mol. The number of hydrogen-bond acceptors (Lipinski definition) is 2. The Bertz CT molecular complexity index is 530. The van der Waals surface area contributed by atoms with E-state index < -0.39 is 0 Å². The zero-order chi connectivity index (χ0) is 14.2. The predicted octanol–water partition coefficient (Wildman–Crippen LogP) is 1.84. The van der Waals surface area contributed by atoms with Gasteiger partial charge in [0, 0.05) is 23.7 Å². The van der Waals surface area contributed by atoms with E-state index >= 15 is 0 Å². The predicted molar refractivity (Wildman–Crippen MR) is 73.9 cm³/mol. The van der Waals surface area contributed by atoms with E-state index in [-0.39, 0.29) is 23.7 Å². The van der Waals surface area contributed by atoms with Crippen molar-refractivity contribution in [2.75, 3.05) is 13.1 Å². The van der Waals surface area contributed by atoms with Crippen molar-refractivity contribution in [3.05, 3.63) is 34.3 Å². The summed E-state index contributed by atoms with van der Waals surface area (Å²) >= 11 is 5.95. The summed E-state index contributed by atoms with van der Waals surface area (Å²) in [5, 5.41) is 0.640. The van der Waals surface area contributed by atoms with Gasteiger partial charge in [-0.05, 0) is 36.6 Å². The van der Waals surface area contributed by atoms with Gasteiger partial charge in [0.15, 0.2) is 0 Å². The lowest BCUT2D eigenvalue weighted by atomic mass is 9.98. The number of likely N-dealkylation sites (tertiary alicyclic amines) is 1. The summed E-state index contributed by atoms with van der Waals surface area (Å²) in [6, 6.07) is 5.20. The molecule has 2 N–H and O–H groups in total. The highest BCUT2D eigenvalue weighted by molar-refractivity contribution is 6.31. The minimum atomic E-state index is -0.338. The largest absolute Gasteiger partial charge is 0.369 e. The summed E-state index contributed by atoms with van der Waals surface area (Å²) in [6.45, 7) is 4.76. The van der Waals surface area contributed by atoms with E-state index in [1.807, 2.05) is 13.8 Å². The van der Waals surface area contributed by atoms with E-state index in [0.29, 0.717) is 23.7 Å². The molecule has 1 aromatic carbocycles. The van der Waals surface area contributed by atoms with Crippen molar-refractivity contribution in [3.8, 4) is 0 Å². The molecule has 1 heterocycles. The second kappa shape index (κ2) is 5.21. The molecule has 1 aliphatic rings. The summed E-state index contributed by atoms with van der Waals surface area (Å²) in [5.41, 5.74) is 6.80. The second-order valence-corrected chi connectivity index (χ2v) is 5.57. The highest BCUT2D eigenvalue weighted by atomic mass is 35.5. The van der Waals surface area contributed by atoms with E-state index in [9.17, 15) is 9.59 Å². The Morgan fingerprint density at radius 2 is 2.05 bits per heavy atom. The molecule has 0 radical (unpaired) electrons. The number of carbonyl (C=O) groups excluding carboxylic acids is 2. The van der Waals surface area contributed by atoms with Gasteiger partial charge in [0.25, 0.3) is 5.91 Å². The Hall–Kier alpha value is -1.55. The van der Waals surface area contributed by atoms with Crippen molar-refractivity contribution >= 4 is 23.4 Å². The molecule has 19 heavy (non-hydrogen) atoms. The van der Waals surface area contributed by atoms with Crippen LogP contribution in [0.15, 0.2) is 18.2 Å². The standard InChI is InChI=1S/C14H17ClN2O2/c1-8-5-10(3-4-12(8)15)14(19)17-6-9(2)11(7-17)13(16)18/h3-5,9,11H,6-7H2,1-2H3,(H2,16,18)/t9-,11-/m1/s1. The lowest BCUT2D eigenvalue weighted by Gasteiger charge is -2.16. The van der Waals surface area contributed by atoms with Gasteiger partial charge in [-0.15, -0.1) is 0 Å². The maximum atomic E-state index is 12.4. The second-order valence-electron chi connectivity index (χ2n) is 5.16. The maximum Gasteiger partial charge on any atom is 0.253 e. The number of primary amides is 1. The number of carbonyl (C=O) groups is 2. The molecule has 102 valence electrons. The zero-order valence-corrected chi connectivity index (χ0v) is 11.8. The van der Waals surface area contributed by atoms with E-state index in [1.165, 1.54) is 0 Å². The summed E-state index contributed by atoms with van der Waals surface area (Å²) < 4.78 is 0. The molecule has 0 aliphatic carbocycles. The summed E-state index contributed by atoms with van der Waals surface area (Å²) in [4.78, 5) is 25.3. The van der Waals surface area contributed by atoms with Crippen LogP contribution in [0.1, 0.15) is 22.8 Å². The molecule has 1 fully saturated rings. The Labute approximate surface area is 117 Å². The van der Waals surface area contributed by atoms with Gasteiger partial charge in [-0.3, -0.25) is 9.59 Å². The lowest BCUT2D eigenvalue weighted by Crippen LogP contribution is -2.32. The smallest absolute Gasteiger partial charge is 0.253 e. The third kappa shape index (κ3) is 2.73. The van der Waals surface area contributed by atoms with Crippen LogP contribution in [0.4, 0.5) is 0 Å². The van der Waals surface area contributed by atoms with Gasteiger partial charge in [0.05, 0.1) is 5.92 Å². The first kappa shape index (κ1) is 13.9. The van der Waals surface area contributed by atoms with Gasteiger partial charge in [0.2, 0.25) is 5.91 Å². The molecule has 5 heteroatoms. The van der Waals surface area contributed by atoms with Crippen molar-refractivity contribution in [1.29, 1.82) is 0 Å². The Morgan fingerprint density at radius 3 is 2.58 bits per heavy atom. The quantitative estimate of drug-likeness (QED) is 0.898. The average Bonchev–Trinajstić information content (AvgIpc) is 2.74. The van der Waals surface area contributed by atoms with E-state index in [1.54, 1.807) is 23.1 Å². The fourth-order valence-electron chi connectivity index (χ4n) is 2.46. The number of nitrogens with zero attached hydrogens (tertiary/aromatic N) is 1. The fraction of sp³-hybridized carbons (Fsp3) is 0.429. The molecule has 4 nitrogen and oxygen atoms in total. The van der Waals surface area contributed by atoms with Crippen LogP contribution in [0, 0.1) is 18.8 Å². The summed E-state index contributed by atoms with van der Waals surface area (Å²) in [7, 11) is 0. The van der Waals surface area contributed by atoms with Gasteiger partial charge >= 0.3 is 0 Å². The molecule has 2 amide bonds. The molecule has 1 aromatic rings. The van der Waals surface area contributed by atoms with Crippen LogP contribution in [0.5, 0.6) is 0 Å². The normalized spacial score (nSPS) is 22.6. The van der Waals surface area contributed by atoms with Gasteiger partial charge in [-0.1, -0.05) is 18.5 Å². The van der Waals surface area contributed by atoms with Crippen LogP contribution in [0.2, 0.25) is 5.02 Å². The first-order valence-electron chi connectivity index (χ1n) is 6.25. The van der Waals surface area contributed by atoms with Gasteiger partial charge < -0.3 is 10.6 Å². The third-order valence-corrected chi connectivity index (χ3v) is 4.09. The SMILES string of the molecule is Cc1cc(C(=O)N2C[C@@H](C)[C@H](C(N)=O)C2)ccc1Cl. The third-order valence-electron chi connectivity index (χ3n) is 3.67. The highest BCUT2D eigenvalue weighted by Gasteiger charge is 2.36. The number of aryl methyl sites for hydroxylation is 1. The molecular formula is C14H17ClN2O2. The Kier molecular flexibility index (Phi) is 3.80. The van der Waals surface area contributed by atoms with Crippen molar-refractivity contribution in [2.45, 2.75) is 13.8 Å². The van der Waals surface area contributed by atoms with Gasteiger partial charge in [0.1, 0.15) is 0 Å². The first-order valence-corrected chi connectivity index (χ1v) is 6.62. The minimum absolute atomic E-state index is 0.0737. The number of benzene rings is 1. The number of rotatable bonds is 2. The molecule has 0 spiro atoms. The molecule has 0 saturated carbocycles. The lowest BCUT2D eigenvalue weighted by molar-refractivity contribution is -0.122. The number of hydrogen-bond donors (Lipinski definition) is 1. The summed E-state index contributed by atoms with van der Waals surface area (Å²) in [5.74, 6) is -0.558. The molecule has 2 atom stereocenters. The first-order chi connectivity index (χ1) is 8.90. The van der Waals surface area contributed by atoms with Crippen molar-refractivity contribution in [1.82, 2.24) is 4.90 Å². The van der Waals surface area contributed by atoms with Gasteiger partial charge in [-0.2, -0.15) is 0 Å². The van der Waals surface area contributed by atoms with Crippen LogP contribution < -0.4 is 5.73 Å². The molecule has 2 rings (SSSR count). The summed E-state index contributed by atoms with van der Waals surface area (Å²) in [6.07, 6.45) is 0. The zero-order valence-electron chi connectivity index (χ0n) is 11.0. The van der Waals surface area contributed by atoms with Crippen LogP contribution >= 0.6 is 11.6 Å². The molecule has 1 saturated heterocycles. The van der Waals surface area contributed by atoms with Crippen LogP contribution in [-0.2, 0) is 4.79 Å². The van der Waals surface area contributed by atoms with E-state index in [4.69, 9.17) is 17.3 Å². The van der Waals surface area contributed by atoms with Crippen molar-refractivity contribution in [3.63, 3.8) is 0 Å². The van der Waals surface area contributed by atoms with Crippen molar-refractivity contribution < 1.29 is 9.59 Å². The van der Waals surface area contributed by atoms with Gasteiger partial charge in [-0.25, -0.2) is 0 Å². The molecule has 0 bridgehead atoms. The number of halogens is 1. The molecule has 0 aromatic heterocycles. The fourth-order valence-corrected chi connectivity index (χ4v) is 2.58. The minimum Gasteiger partial charge on any atom is -0.369 e. The molecule has 1 aliphatic heterocycles. The topological polar surface area (TPSA) is 63.4 Å². The maximum absolute atomic E-state index is 12.4.